The van der Waals surface area contributed by atoms with Gasteiger partial charge in [-0.3, -0.25) is 19.4 Å². The summed E-state index contributed by atoms with van der Waals surface area (Å²) in [7, 11) is 0. The Labute approximate surface area is 205 Å². The molecule has 1 N–H and O–H groups in total. The zero-order chi connectivity index (χ0) is 24.6. The monoisotopic (exact) mass is 482 g/mol. The van der Waals surface area contributed by atoms with Crippen LogP contribution in [0, 0.1) is 6.92 Å². The van der Waals surface area contributed by atoms with Crippen molar-refractivity contribution in [2.75, 3.05) is 16.8 Å². The van der Waals surface area contributed by atoms with Gasteiger partial charge in [0, 0.05) is 5.69 Å². The molecule has 182 valence electrons. The number of imide groups is 1. The Morgan fingerprint density at radius 1 is 1.09 bits per heavy atom. The van der Waals surface area contributed by atoms with Crippen LogP contribution in [0.1, 0.15) is 88.5 Å². The van der Waals surface area contributed by atoms with Crippen LogP contribution in [0.3, 0.4) is 0 Å². The van der Waals surface area contributed by atoms with Gasteiger partial charge in [0.1, 0.15) is 17.1 Å². The van der Waals surface area contributed by atoms with Crippen molar-refractivity contribution >= 4 is 40.1 Å². The van der Waals surface area contributed by atoms with Crippen LogP contribution in [0.2, 0.25) is 0 Å². The van der Waals surface area contributed by atoms with E-state index in [1.807, 2.05) is 31.2 Å². The average molecular weight is 483 g/mol. The van der Waals surface area contributed by atoms with Gasteiger partial charge in [0.15, 0.2) is 0 Å². The van der Waals surface area contributed by atoms with Crippen molar-refractivity contribution < 1.29 is 14.4 Å². The largest absolute Gasteiger partial charge is 0.333 e. The van der Waals surface area contributed by atoms with E-state index >= 15 is 0 Å². The van der Waals surface area contributed by atoms with E-state index in [1.165, 1.54) is 11.5 Å². The first-order chi connectivity index (χ1) is 16.2. The predicted molar refractivity (Wildman–Crippen MR) is 136 cm³/mol. The van der Waals surface area contributed by atoms with Gasteiger partial charge in [0.25, 0.3) is 5.91 Å². The number of anilines is 2. The maximum Gasteiger partial charge on any atom is 0.333 e. The summed E-state index contributed by atoms with van der Waals surface area (Å²) in [6.07, 6.45) is 4.03. The number of para-hydroxylation sites is 1. The molecule has 1 aliphatic carbocycles. The van der Waals surface area contributed by atoms with Gasteiger partial charge in [0.2, 0.25) is 5.91 Å². The normalized spacial score (nSPS) is 18.0. The van der Waals surface area contributed by atoms with Gasteiger partial charge in [-0.25, -0.2) is 4.79 Å². The predicted octanol–water partition coefficient (Wildman–Crippen LogP) is 5.81. The summed E-state index contributed by atoms with van der Waals surface area (Å²) < 4.78 is 4.33. The fraction of sp³-hybridized carbons (Fsp3) is 0.538. The van der Waals surface area contributed by atoms with E-state index < -0.39 is 11.6 Å². The molecule has 1 spiro atoms. The van der Waals surface area contributed by atoms with Crippen LogP contribution in [-0.2, 0) is 9.59 Å². The average Bonchev–Trinajstić information content (AvgIpc) is 3.29. The number of urea groups is 1. The lowest BCUT2D eigenvalue weighted by Crippen LogP contribution is -2.51. The smallest absolute Gasteiger partial charge is 0.324 e. The number of amides is 4. The fourth-order valence-corrected chi connectivity index (χ4v) is 6.08. The molecule has 0 atom stereocenters. The highest BCUT2D eigenvalue weighted by atomic mass is 32.1. The SMILES string of the molecule is Cc1cc(N2C(=O)N(CC(=O)Nc3c(C(C)C)cccc3C(C)C)C(=O)C23CCCCC3)sn1. The Morgan fingerprint density at radius 2 is 1.71 bits per heavy atom. The molecule has 0 radical (unpaired) electrons. The highest BCUT2D eigenvalue weighted by Gasteiger charge is 2.58. The standard InChI is InChI=1S/C26H34N4O3S/c1-16(2)19-10-9-11-20(17(3)4)23(19)27-21(31)15-29-24(32)26(12-7-6-8-13-26)30(25(29)33)22-14-18(5)28-34-22/h9-11,14,16-17H,6-8,12-13,15H2,1-5H3,(H,27,31). The van der Waals surface area contributed by atoms with Crippen LogP contribution >= 0.6 is 11.5 Å². The molecular formula is C26H34N4O3S. The Bertz CT molecular complexity index is 1070. The second-order valence-corrected chi connectivity index (χ2v) is 10.9. The minimum Gasteiger partial charge on any atom is -0.324 e. The van der Waals surface area contributed by atoms with E-state index in [-0.39, 0.29) is 30.2 Å². The van der Waals surface area contributed by atoms with E-state index in [9.17, 15) is 14.4 Å². The number of aromatic nitrogens is 1. The molecule has 2 aliphatic rings. The molecule has 4 amide bonds. The summed E-state index contributed by atoms with van der Waals surface area (Å²) in [6.45, 7) is 9.93. The van der Waals surface area contributed by atoms with Crippen LogP contribution in [0.5, 0.6) is 0 Å². The molecule has 4 rings (SSSR count). The topological polar surface area (TPSA) is 82.6 Å². The van der Waals surface area contributed by atoms with Crippen molar-refractivity contribution in [3.8, 4) is 0 Å². The lowest BCUT2D eigenvalue weighted by molar-refractivity contribution is -0.134. The molecule has 1 saturated carbocycles. The zero-order valence-electron chi connectivity index (χ0n) is 20.7. The first-order valence-corrected chi connectivity index (χ1v) is 12.9. The Balaban J connectivity index is 1.63. The summed E-state index contributed by atoms with van der Waals surface area (Å²) in [5, 5.41) is 3.72. The fourth-order valence-electron chi connectivity index (χ4n) is 5.23. The maximum atomic E-state index is 13.7. The minimum absolute atomic E-state index is 0.222. The molecule has 1 aromatic carbocycles. The molecule has 1 aliphatic heterocycles. The van der Waals surface area contributed by atoms with E-state index in [2.05, 4.69) is 37.4 Å². The highest BCUT2D eigenvalue weighted by molar-refractivity contribution is 7.10. The number of nitrogens with one attached hydrogen (secondary N) is 1. The highest BCUT2D eigenvalue weighted by Crippen LogP contribution is 2.44. The van der Waals surface area contributed by atoms with Gasteiger partial charge in [-0.15, -0.1) is 0 Å². The third-order valence-electron chi connectivity index (χ3n) is 6.95. The van der Waals surface area contributed by atoms with E-state index in [0.29, 0.717) is 17.8 Å². The second-order valence-electron chi connectivity index (χ2n) is 10.1. The van der Waals surface area contributed by atoms with Gasteiger partial charge in [-0.1, -0.05) is 65.2 Å². The molecule has 1 saturated heterocycles. The van der Waals surface area contributed by atoms with Crippen LogP contribution in [0.15, 0.2) is 24.3 Å². The van der Waals surface area contributed by atoms with Gasteiger partial charge in [0.05, 0.1) is 5.69 Å². The maximum absolute atomic E-state index is 13.7. The Hall–Kier alpha value is -2.74. The first kappa shape index (κ1) is 24.4. The molecule has 34 heavy (non-hydrogen) atoms. The summed E-state index contributed by atoms with van der Waals surface area (Å²) in [5.74, 6) is -0.177. The number of benzene rings is 1. The number of hydrogen-bond donors (Lipinski definition) is 1. The van der Waals surface area contributed by atoms with Crippen molar-refractivity contribution in [1.82, 2.24) is 9.27 Å². The van der Waals surface area contributed by atoms with Gasteiger partial charge in [-0.2, -0.15) is 4.37 Å². The van der Waals surface area contributed by atoms with Gasteiger partial charge in [-0.05, 0) is 60.3 Å². The quantitative estimate of drug-likeness (QED) is 0.527. The molecule has 8 heteroatoms. The van der Waals surface area contributed by atoms with E-state index in [4.69, 9.17) is 0 Å². The van der Waals surface area contributed by atoms with Crippen molar-refractivity contribution in [3.05, 3.63) is 41.1 Å². The number of carbonyl (C=O) groups is 3. The molecule has 2 aromatic rings. The zero-order valence-corrected chi connectivity index (χ0v) is 21.5. The minimum atomic E-state index is -0.909. The first-order valence-electron chi connectivity index (χ1n) is 12.2. The molecule has 1 aromatic heterocycles. The molecule has 0 bridgehead atoms. The number of carbonyl (C=O) groups excluding carboxylic acids is 3. The number of hydrogen-bond acceptors (Lipinski definition) is 5. The Morgan fingerprint density at radius 3 is 2.24 bits per heavy atom. The van der Waals surface area contributed by atoms with E-state index in [0.717, 1.165) is 46.7 Å². The summed E-state index contributed by atoms with van der Waals surface area (Å²) in [4.78, 5) is 43.3. The summed E-state index contributed by atoms with van der Waals surface area (Å²) >= 11 is 1.23. The second kappa shape index (κ2) is 9.49. The van der Waals surface area contributed by atoms with E-state index in [1.54, 1.807) is 4.90 Å². The van der Waals surface area contributed by atoms with Crippen LogP contribution in [-0.4, -0.2) is 39.2 Å². The van der Waals surface area contributed by atoms with Crippen molar-refractivity contribution in [2.24, 2.45) is 0 Å². The van der Waals surface area contributed by atoms with Crippen LogP contribution in [0.25, 0.3) is 0 Å². The molecule has 2 heterocycles. The van der Waals surface area contributed by atoms with Crippen molar-refractivity contribution in [3.63, 3.8) is 0 Å². The Kier molecular flexibility index (Phi) is 6.80. The molecule has 0 unspecified atom stereocenters. The van der Waals surface area contributed by atoms with Crippen molar-refractivity contribution in [1.29, 1.82) is 0 Å². The van der Waals surface area contributed by atoms with Crippen LogP contribution in [0.4, 0.5) is 15.5 Å². The summed E-state index contributed by atoms with van der Waals surface area (Å²) in [6, 6.07) is 7.47. The lowest BCUT2D eigenvalue weighted by Gasteiger charge is -2.37. The number of nitrogens with zero attached hydrogens (tertiary/aromatic N) is 3. The number of rotatable bonds is 6. The molecule has 2 fully saturated rings. The molecule has 7 nitrogen and oxygen atoms in total. The third kappa shape index (κ3) is 4.24. The summed E-state index contributed by atoms with van der Waals surface area (Å²) in [5.41, 5.74) is 2.79. The number of aryl methyl sites for hydroxylation is 1. The van der Waals surface area contributed by atoms with Crippen molar-refractivity contribution in [2.45, 2.75) is 84.1 Å². The molecular weight excluding hydrogens is 448 g/mol. The van der Waals surface area contributed by atoms with Gasteiger partial charge >= 0.3 is 6.03 Å². The van der Waals surface area contributed by atoms with Gasteiger partial charge < -0.3 is 5.32 Å². The van der Waals surface area contributed by atoms with Crippen LogP contribution < -0.4 is 10.2 Å². The lowest BCUT2D eigenvalue weighted by atomic mass is 9.80. The third-order valence-corrected chi connectivity index (χ3v) is 7.82.